The van der Waals surface area contributed by atoms with Crippen LogP contribution in [-0.2, 0) is 9.59 Å². The van der Waals surface area contributed by atoms with Crippen LogP contribution in [0.1, 0.15) is 31.0 Å². The van der Waals surface area contributed by atoms with E-state index in [1.165, 1.54) is 12.0 Å². The van der Waals surface area contributed by atoms with Crippen molar-refractivity contribution in [3.63, 3.8) is 0 Å². The van der Waals surface area contributed by atoms with Gasteiger partial charge in [-0.05, 0) is 43.4 Å². The fraction of sp³-hybridized carbons (Fsp3) is 0.407. The van der Waals surface area contributed by atoms with E-state index in [4.69, 9.17) is 18.9 Å². The maximum atomic E-state index is 13.4. The zero-order chi connectivity index (χ0) is 25.8. The van der Waals surface area contributed by atoms with Gasteiger partial charge in [-0.25, -0.2) is 0 Å². The van der Waals surface area contributed by atoms with Crippen LogP contribution in [0.4, 0.5) is 0 Å². The minimum atomic E-state index is -0.838. The van der Waals surface area contributed by atoms with Crippen molar-refractivity contribution in [3.8, 4) is 23.0 Å². The highest BCUT2D eigenvalue weighted by Crippen LogP contribution is 2.44. The van der Waals surface area contributed by atoms with Crippen molar-refractivity contribution >= 4 is 17.4 Å². The molecule has 4 rings (SSSR count). The maximum Gasteiger partial charge on any atom is 0.295 e. The molecule has 1 saturated heterocycles. The van der Waals surface area contributed by atoms with Crippen LogP contribution in [0.3, 0.4) is 0 Å². The van der Waals surface area contributed by atoms with Crippen LogP contribution in [0.15, 0.2) is 42.0 Å². The van der Waals surface area contributed by atoms with Crippen LogP contribution < -0.4 is 18.9 Å². The molecule has 2 aromatic rings. The normalized spacial score (nSPS) is 18.6. The quantitative estimate of drug-likeness (QED) is 0.321. The lowest BCUT2D eigenvalue weighted by Crippen LogP contribution is -2.38. The Balaban J connectivity index is 1.84. The fourth-order valence-electron chi connectivity index (χ4n) is 4.61. The molecule has 1 fully saturated rings. The third-order valence-corrected chi connectivity index (χ3v) is 6.64. The fourth-order valence-corrected chi connectivity index (χ4v) is 4.61. The number of methoxy groups -OCH3 is 2. The first kappa shape index (κ1) is 25.4. The zero-order valence-corrected chi connectivity index (χ0v) is 21.1. The van der Waals surface area contributed by atoms with Gasteiger partial charge in [0.25, 0.3) is 11.7 Å². The van der Waals surface area contributed by atoms with Gasteiger partial charge < -0.3 is 33.9 Å². The van der Waals surface area contributed by atoms with Crippen LogP contribution in [0.25, 0.3) is 5.76 Å². The highest BCUT2D eigenvalue weighted by molar-refractivity contribution is 6.46. The highest BCUT2D eigenvalue weighted by Gasteiger charge is 2.47. The molecule has 2 aliphatic rings. The molecule has 9 nitrogen and oxygen atoms in total. The van der Waals surface area contributed by atoms with Crippen LogP contribution >= 0.6 is 0 Å². The van der Waals surface area contributed by atoms with Crippen molar-refractivity contribution in [2.75, 3.05) is 53.6 Å². The van der Waals surface area contributed by atoms with Crippen LogP contribution in [-0.4, -0.2) is 80.2 Å². The number of hydrogen-bond acceptors (Lipinski definition) is 8. The summed E-state index contributed by atoms with van der Waals surface area (Å²) in [6.45, 7) is 7.43. The summed E-state index contributed by atoms with van der Waals surface area (Å²) in [6, 6.07) is 9.31. The van der Waals surface area contributed by atoms with Crippen LogP contribution in [0.2, 0.25) is 0 Å². The van der Waals surface area contributed by atoms with E-state index in [0.29, 0.717) is 60.4 Å². The summed E-state index contributed by atoms with van der Waals surface area (Å²) >= 11 is 0. The van der Waals surface area contributed by atoms with Crippen molar-refractivity contribution in [3.05, 3.63) is 53.1 Å². The molecule has 0 bridgehead atoms. The van der Waals surface area contributed by atoms with E-state index >= 15 is 0 Å². The summed E-state index contributed by atoms with van der Waals surface area (Å²) in [5.74, 6) is 0.364. The summed E-state index contributed by atoms with van der Waals surface area (Å²) in [4.78, 5) is 30.3. The predicted molar refractivity (Wildman–Crippen MR) is 134 cm³/mol. The number of hydrogen-bond donors (Lipinski definition) is 1. The maximum absolute atomic E-state index is 13.4. The van der Waals surface area contributed by atoms with E-state index < -0.39 is 17.7 Å². The van der Waals surface area contributed by atoms with Crippen molar-refractivity contribution < 1.29 is 33.6 Å². The number of carbonyl (C=O) groups is 2. The zero-order valence-electron chi connectivity index (χ0n) is 21.1. The van der Waals surface area contributed by atoms with Gasteiger partial charge in [-0.1, -0.05) is 13.8 Å². The van der Waals surface area contributed by atoms with Gasteiger partial charge in [0.2, 0.25) is 0 Å². The molecule has 0 aliphatic carbocycles. The summed E-state index contributed by atoms with van der Waals surface area (Å²) in [7, 11) is 3.06. The standard InChI is InChI=1S/C27H32N2O7/c1-5-28(6-2)11-12-29-24(19-9-8-18(33-3)16-21(19)34-4)23(26(31)27(29)32)25(30)17-7-10-20-22(15-17)36-14-13-35-20/h7-10,15-16,24,30H,5-6,11-14H2,1-4H3. The number of rotatable bonds is 9. The number of ether oxygens (including phenoxy) is 4. The first-order valence-corrected chi connectivity index (χ1v) is 12.1. The number of benzene rings is 2. The molecule has 1 unspecified atom stereocenters. The number of nitrogens with zero attached hydrogens (tertiary/aromatic N) is 2. The number of amides is 1. The van der Waals surface area contributed by atoms with E-state index in [1.54, 1.807) is 43.5 Å². The molecule has 36 heavy (non-hydrogen) atoms. The predicted octanol–water partition coefficient (Wildman–Crippen LogP) is 3.24. The first-order chi connectivity index (χ1) is 17.4. The van der Waals surface area contributed by atoms with Gasteiger partial charge in [-0.2, -0.15) is 0 Å². The minimum absolute atomic E-state index is 0.000286. The van der Waals surface area contributed by atoms with Gasteiger partial charge in [-0.3, -0.25) is 9.59 Å². The van der Waals surface area contributed by atoms with Gasteiger partial charge in [0, 0.05) is 30.3 Å². The molecular formula is C27H32N2O7. The van der Waals surface area contributed by atoms with E-state index in [2.05, 4.69) is 4.90 Å². The second-order valence-corrected chi connectivity index (χ2v) is 8.49. The van der Waals surface area contributed by atoms with Gasteiger partial charge in [-0.15, -0.1) is 0 Å². The third kappa shape index (κ3) is 4.70. The Morgan fingerprint density at radius 1 is 1.03 bits per heavy atom. The number of fused-ring (bicyclic) bond motifs is 1. The Morgan fingerprint density at radius 2 is 1.75 bits per heavy atom. The smallest absolute Gasteiger partial charge is 0.295 e. The molecular weight excluding hydrogens is 464 g/mol. The molecule has 1 atom stereocenters. The molecule has 2 aromatic carbocycles. The molecule has 192 valence electrons. The Labute approximate surface area is 210 Å². The van der Waals surface area contributed by atoms with E-state index in [9.17, 15) is 14.7 Å². The Bertz CT molecular complexity index is 1170. The third-order valence-electron chi connectivity index (χ3n) is 6.64. The number of likely N-dealkylation sites (tertiary alicyclic amines) is 1. The lowest BCUT2D eigenvalue weighted by molar-refractivity contribution is -0.140. The van der Waals surface area contributed by atoms with Gasteiger partial charge in [0.15, 0.2) is 11.5 Å². The Morgan fingerprint density at radius 3 is 2.42 bits per heavy atom. The SMILES string of the molecule is CCN(CC)CCN1C(=O)C(=O)C(=C(O)c2ccc3c(c2)OCCO3)C1c1ccc(OC)cc1OC. The van der Waals surface area contributed by atoms with Gasteiger partial charge in [0.05, 0.1) is 25.8 Å². The lowest BCUT2D eigenvalue weighted by atomic mass is 9.94. The molecule has 0 radical (unpaired) electrons. The topological polar surface area (TPSA) is 97.8 Å². The average molecular weight is 497 g/mol. The number of carbonyl (C=O) groups excluding carboxylic acids is 2. The summed E-state index contributed by atoms with van der Waals surface area (Å²) < 4.78 is 22.2. The summed E-state index contributed by atoms with van der Waals surface area (Å²) in [5, 5.41) is 11.4. The monoisotopic (exact) mass is 496 g/mol. The lowest BCUT2D eigenvalue weighted by Gasteiger charge is -2.29. The minimum Gasteiger partial charge on any atom is -0.507 e. The van der Waals surface area contributed by atoms with Crippen molar-refractivity contribution in [1.82, 2.24) is 9.80 Å². The molecule has 1 N–H and O–H groups in total. The molecule has 9 heteroatoms. The molecule has 0 aromatic heterocycles. The molecule has 0 spiro atoms. The van der Waals surface area contributed by atoms with Gasteiger partial charge >= 0.3 is 0 Å². The van der Waals surface area contributed by atoms with E-state index in [0.717, 1.165) is 13.1 Å². The summed E-state index contributed by atoms with van der Waals surface area (Å²) in [5.41, 5.74) is 0.939. The second kappa shape index (κ2) is 10.9. The average Bonchev–Trinajstić information content (AvgIpc) is 3.17. The number of likely N-dealkylation sites (N-methyl/N-ethyl adjacent to an activating group) is 1. The molecule has 1 amide bonds. The molecule has 2 aliphatic heterocycles. The van der Waals surface area contributed by atoms with Crippen molar-refractivity contribution in [2.24, 2.45) is 0 Å². The molecule has 2 heterocycles. The van der Waals surface area contributed by atoms with Crippen molar-refractivity contribution in [1.29, 1.82) is 0 Å². The summed E-state index contributed by atoms with van der Waals surface area (Å²) in [6.07, 6.45) is 0. The van der Waals surface area contributed by atoms with Crippen LogP contribution in [0, 0.1) is 0 Å². The second-order valence-electron chi connectivity index (χ2n) is 8.49. The number of aliphatic hydroxyl groups is 1. The Kier molecular flexibility index (Phi) is 7.69. The number of Topliss-reactive ketones (excluding diaryl/α,β-unsaturated/α-hetero) is 1. The van der Waals surface area contributed by atoms with Crippen LogP contribution in [0.5, 0.6) is 23.0 Å². The largest absolute Gasteiger partial charge is 0.507 e. The number of ketones is 1. The Hall–Kier alpha value is -3.72. The van der Waals surface area contributed by atoms with Gasteiger partial charge in [0.1, 0.15) is 30.5 Å². The van der Waals surface area contributed by atoms with E-state index in [-0.39, 0.29) is 11.3 Å². The van der Waals surface area contributed by atoms with E-state index in [1.807, 2.05) is 13.8 Å². The highest BCUT2D eigenvalue weighted by atomic mass is 16.6. The number of aliphatic hydroxyl groups excluding tert-OH is 1. The van der Waals surface area contributed by atoms with Crippen molar-refractivity contribution in [2.45, 2.75) is 19.9 Å². The molecule has 0 saturated carbocycles. The first-order valence-electron chi connectivity index (χ1n) is 12.1.